The summed E-state index contributed by atoms with van der Waals surface area (Å²) >= 11 is 0. The number of halogens is 5. The molecular formula is C9H8F5N3O2. The second kappa shape index (κ2) is 6.52. The molecule has 0 aromatic heterocycles. The fourth-order valence-corrected chi connectivity index (χ4v) is 0.711. The molecule has 0 fully saturated rings. The molecule has 0 bridgehead atoms. The molecule has 0 radical (unpaired) electrons. The third-order valence-corrected chi connectivity index (χ3v) is 1.40. The van der Waals surface area contributed by atoms with Gasteiger partial charge >= 0.3 is 12.1 Å². The fraction of sp³-hybridized carbons (Fsp3) is 0.111. The first kappa shape index (κ1) is 16.6. The van der Waals surface area contributed by atoms with Gasteiger partial charge in [0, 0.05) is 6.07 Å². The van der Waals surface area contributed by atoms with E-state index < -0.39 is 23.8 Å². The highest BCUT2D eigenvalue weighted by Gasteiger charge is 2.38. The topological polar surface area (TPSA) is 102 Å². The van der Waals surface area contributed by atoms with Crippen molar-refractivity contribution < 1.29 is 31.9 Å². The van der Waals surface area contributed by atoms with E-state index in [1.165, 1.54) is 0 Å². The smallest absolute Gasteiger partial charge is 0.475 e. The van der Waals surface area contributed by atoms with E-state index in [0.717, 1.165) is 12.1 Å². The minimum absolute atomic E-state index is 0.0728. The van der Waals surface area contributed by atoms with Crippen LogP contribution in [0.2, 0.25) is 0 Å². The average Bonchev–Trinajstić information content (AvgIpc) is 2.21. The van der Waals surface area contributed by atoms with Crippen LogP contribution in [0.25, 0.3) is 0 Å². The molecule has 10 heteroatoms. The molecular weight excluding hydrogens is 277 g/mol. The quantitative estimate of drug-likeness (QED) is 0.413. The van der Waals surface area contributed by atoms with E-state index in [9.17, 15) is 22.0 Å². The van der Waals surface area contributed by atoms with Crippen molar-refractivity contribution in [3.8, 4) is 0 Å². The zero-order chi connectivity index (χ0) is 15.2. The molecule has 0 saturated carbocycles. The van der Waals surface area contributed by atoms with Crippen molar-refractivity contribution in [1.29, 1.82) is 0 Å². The molecule has 1 rings (SSSR count). The predicted octanol–water partition coefficient (Wildman–Crippen LogP) is 1.50. The van der Waals surface area contributed by atoms with E-state index in [1.807, 2.05) is 0 Å². The van der Waals surface area contributed by atoms with Crippen molar-refractivity contribution in [2.45, 2.75) is 6.18 Å². The molecule has 0 saturated heterocycles. The standard InChI is InChI=1S/C7H7F2N3.C2HF3O2/c8-4-1-2-6(5(9)3-4)12-7(10)11;3-2(4,5)1(6)7/h1-3H,(H4,10,11,12);(H,6,7). The maximum Gasteiger partial charge on any atom is 0.490 e. The van der Waals surface area contributed by atoms with Crippen LogP contribution in [0.15, 0.2) is 23.2 Å². The molecule has 5 N–H and O–H groups in total. The second-order valence-electron chi connectivity index (χ2n) is 2.94. The number of nitrogens with two attached hydrogens (primary N) is 2. The molecule has 0 aliphatic carbocycles. The number of alkyl halides is 3. The van der Waals surface area contributed by atoms with Gasteiger partial charge in [-0.05, 0) is 12.1 Å². The van der Waals surface area contributed by atoms with Gasteiger partial charge in [-0.3, -0.25) is 0 Å². The zero-order valence-corrected chi connectivity index (χ0v) is 9.08. The van der Waals surface area contributed by atoms with Crippen LogP contribution in [0.1, 0.15) is 0 Å². The number of aliphatic imine (C=N–C) groups is 1. The molecule has 5 nitrogen and oxygen atoms in total. The summed E-state index contributed by atoms with van der Waals surface area (Å²) in [6.45, 7) is 0. The summed E-state index contributed by atoms with van der Waals surface area (Å²) in [5.74, 6) is -4.47. The average molecular weight is 285 g/mol. The van der Waals surface area contributed by atoms with Crippen LogP contribution in [-0.4, -0.2) is 23.2 Å². The number of nitrogens with zero attached hydrogens (tertiary/aromatic N) is 1. The summed E-state index contributed by atoms with van der Waals surface area (Å²) < 4.78 is 56.8. The molecule has 106 valence electrons. The first-order valence-corrected chi connectivity index (χ1v) is 4.39. The Morgan fingerprint density at radius 1 is 1.21 bits per heavy atom. The Morgan fingerprint density at radius 3 is 2.00 bits per heavy atom. The molecule has 0 aliphatic rings. The highest BCUT2D eigenvalue weighted by Crippen LogP contribution is 2.17. The lowest BCUT2D eigenvalue weighted by Crippen LogP contribution is -2.22. The molecule has 0 heterocycles. The number of carboxylic acid groups (broad SMARTS) is 1. The number of guanidine groups is 1. The van der Waals surface area contributed by atoms with Gasteiger partial charge in [0.25, 0.3) is 0 Å². The Balaban J connectivity index is 0.000000399. The van der Waals surface area contributed by atoms with E-state index in [0.29, 0.717) is 6.07 Å². The Morgan fingerprint density at radius 2 is 1.68 bits per heavy atom. The van der Waals surface area contributed by atoms with Gasteiger partial charge in [0.05, 0.1) is 0 Å². The predicted molar refractivity (Wildman–Crippen MR) is 55.5 cm³/mol. The Bertz CT molecular complexity index is 483. The molecule has 1 aromatic rings. The van der Waals surface area contributed by atoms with Gasteiger partial charge in [0.15, 0.2) is 11.8 Å². The summed E-state index contributed by atoms with van der Waals surface area (Å²) in [5.41, 5.74) is 9.92. The number of benzene rings is 1. The maximum atomic E-state index is 12.8. The van der Waals surface area contributed by atoms with Gasteiger partial charge < -0.3 is 16.6 Å². The zero-order valence-electron chi connectivity index (χ0n) is 9.08. The summed E-state index contributed by atoms with van der Waals surface area (Å²) in [5, 5.41) is 7.12. The summed E-state index contributed by atoms with van der Waals surface area (Å²) in [6, 6.07) is 2.94. The lowest BCUT2D eigenvalue weighted by molar-refractivity contribution is -0.192. The van der Waals surface area contributed by atoms with Gasteiger partial charge in [-0.1, -0.05) is 0 Å². The third-order valence-electron chi connectivity index (χ3n) is 1.40. The van der Waals surface area contributed by atoms with Crippen molar-refractivity contribution in [1.82, 2.24) is 0 Å². The number of hydrogen-bond acceptors (Lipinski definition) is 2. The van der Waals surface area contributed by atoms with Gasteiger partial charge in [-0.2, -0.15) is 13.2 Å². The van der Waals surface area contributed by atoms with Gasteiger partial charge in [0.1, 0.15) is 11.5 Å². The van der Waals surface area contributed by atoms with Crippen LogP contribution in [0.5, 0.6) is 0 Å². The Hall–Kier alpha value is -2.39. The highest BCUT2D eigenvalue weighted by molar-refractivity contribution is 5.79. The molecule has 19 heavy (non-hydrogen) atoms. The van der Waals surface area contributed by atoms with Crippen molar-refractivity contribution in [2.24, 2.45) is 16.5 Å². The molecule has 0 amide bonds. The number of carbonyl (C=O) groups is 1. The van der Waals surface area contributed by atoms with Gasteiger partial charge in [0.2, 0.25) is 0 Å². The highest BCUT2D eigenvalue weighted by atomic mass is 19.4. The molecule has 0 unspecified atom stereocenters. The van der Waals surface area contributed by atoms with E-state index in [2.05, 4.69) is 4.99 Å². The third kappa shape index (κ3) is 6.81. The molecule has 0 spiro atoms. The number of rotatable bonds is 1. The summed E-state index contributed by atoms with van der Waals surface area (Å²) in [7, 11) is 0. The number of aliphatic carboxylic acids is 1. The van der Waals surface area contributed by atoms with Crippen molar-refractivity contribution >= 4 is 17.6 Å². The Labute approximate surface area is 103 Å². The van der Waals surface area contributed by atoms with Gasteiger partial charge in [-0.25, -0.2) is 18.6 Å². The largest absolute Gasteiger partial charge is 0.490 e. The van der Waals surface area contributed by atoms with E-state index in [-0.39, 0.29) is 11.6 Å². The van der Waals surface area contributed by atoms with E-state index >= 15 is 0 Å². The molecule has 0 atom stereocenters. The van der Waals surface area contributed by atoms with E-state index in [1.54, 1.807) is 0 Å². The normalized spacial score (nSPS) is 10.2. The van der Waals surface area contributed by atoms with Crippen LogP contribution in [0.4, 0.5) is 27.6 Å². The van der Waals surface area contributed by atoms with Crippen molar-refractivity contribution in [2.75, 3.05) is 0 Å². The maximum absolute atomic E-state index is 12.8. The van der Waals surface area contributed by atoms with Crippen LogP contribution >= 0.6 is 0 Å². The van der Waals surface area contributed by atoms with Gasteiger partial charge in [-0.15, -0.1) is 0 Å². The fourth-order valence-electron chi connectivity index (χ4n) is 0.711. The summed E-state index contributed by atoms with van der Waals surface area (Å²) in [6.07, 6.45) is -5.08. The second-order valence-corrected chi connectivity index (χ2v) is 2.94. The van der Waals surface area contributed by atoms with E-state index in [4.69, 9.17) is 21.4 Å². The first-order chi connectivity index (χ1) is 8.54. The molecule has 1 aromatic carbocycles. The number of hydrogen-bond donors (Lipinski definition) is 3. The van der Waals surface area contributed by atoms with Crippen LogP contribution in [0, 0.1) is 11.6 Å². The minimum Gasteiger partial charge on any atom is -0.475 e. The van der Waals surface area contributed by atoms with Crippen LogP contribution < -0.4 is 11.5 Å². The minimum atomic E-state index is -5.08. The van der Waals surface area contributed by atoms with Crippen molar-refractivity contribution in [3.63, 3.8) is 0 Å². The monoisotopic (exact) mass is 285 g/mol. The number of carboxylic acids is 1. The SMILES string of the molecule is NC(N)=Nc1ccc(F)cc1F.O=C(O)C(F)(F)F. The summed E-state index contributed by atoms with van der Waals surface area (Å²) in [4.78, 5) is 12.3. The lowest BCUT2D eigenvalue weighted by Gasteiger charge is -1.96. The van der Waals surface area contributed by atoms with Crippen molar-refractivity contribution in [3.05, 3.63) is 29.8 Å². The van der Waals surface area contributed by atoms with Crippen LogP contribution in [0.3, 0.4) is 0 Å². The first-order valence-electron chi connectivity index (χ1n) is 4.39. The van der Waals surface area contributed by atoms with Crippen LogP contribution in [-0.2, 0) is 4.79 Å². The molecule has 0 aliphatic heterocycles. The lowest BCUT2D eigenvalue weighted by atomic mass is 10.3. The Kier molecular flexibility index (Phi) is 5.70.